The van der Waals surface area contributed by atoms with E-state index in [9.17, 15) is 19.2 Å². The molecule has 0 radical (unpaired) electrons. The summed E-state index contributed by atoms with van der Waals surface area (Å²) in [6, 6.07) is 3.20. The third-order valence-corrected chi connectivity index (χ3v) is 8.91. The Balaban J connectivity index is 1.20. The van der Waals surface area contributed by atoms with Crippen molar-refractivity contribution in [3.63, 3.8) is 0 Å². The minimum atomic E-state index is -0.774. The van der Waals surface area contributed by atoms with Gasteiger partial charge in [-0.25, -0.2) is 19.6 Å². The van der Waals surface area contributed by atoms with Crippen LogP contribution in [0.5, 0.6) is 0 Å². The van der Waals surface area contributed by atoms with E-state index >= 15 is 0 Å². The molecule has 0 aromatic carbocycles. The number of hydrogen-bond acceptors (Lipinski definition) is 20. The smallest absolute Gasteiger partial charge is 0.361 e. The van der Waals surface area contributed by atoms with Crippen molar-refractivity contribution in [3.8, 4) is 0 Å². The number of nitrogens with zero attached hydrogens (tertiary/aromatic N) is 8. The van der Waals surface area contributed by atoms with E-state index in [-0.39, 0.29) is 71.2 Å². The van der Waals surface area contributed by atoms with Crippen LogP contribution in [0.1, 0.15) is 48.6 Å². The number of anilines is 6. The quantitative estimate of drug-likeness (QED) is 0.0390. The molecule has 6 rings (SSSR count). The molecular formula is C32H36N14O8S2. The Morgan fingerprint density at radius 1 is 0.732 bits per heavy atom. The number of amides is 2. The van der Waals surface area contributed by atoms with Crippen LogP contribution < -0.4 is 31.9 Å². The highest BCUT2D eigenvalue weighted by molar-refractivity contribution is 7.04. The largest absolute Gasteiger partial charge is 0.461 e. The zero-order valence-electron chi connectivity index (χ0n) is 30.4. The van der Waals surface area contributed by atoms with Gasteiger partial charge in [0.15, 0.2) is 29.4 Å². The van der Waals surface area contributed by atoms with Gasteiger partial charge in [-0.15, -0.1) is 0 Å². The number of ether oxygens (including phenoxy) is 4. The Morgan fingerprint density at radius 3 is 1.73 bits per heavy atom. The molecule has 0 saturated carbocycles. The van der Waals surface area contributed by atoms with Gasteiger partial charge in [-0.05, 0) is 30.0 Å². The molecule has 6 aromatic rings. The SMILES string of the molecule is CCOC(=O)c1nscc1Nc1cc(NCOC(=O)c2nscc2Nc2cc(NC)n3ncc(C(=O)NCCOC)c3n2)n2ncc(C(=O)NCCOC)c2n1. The number of nitrogens with one attached hydrogen (secondary N) is 6. The van der Waals surface area contributed by atoms with E-state index in [4.69, 9.17) is 18.9 Å². The third-order valence-electron chi connectivity index (χ3n) is 7.66. The molecule has 2 amide bonds. The maximum Gasteiger partial charge on any atom is 0.361 e. The van der Waals surface area contributed by atoms with Crippen LogP contribution in [0, 0.1) is 0 Å². The van der Waals surface area contributed by atoms with Crippen LogP contribution in [-0.4, -0.2) is 123 Å². The molecule has 0 aliphatic rings. The average molecular weight is 809 g/mol. The predicted octanol–water partition coefficient (Wildman–Crippen LogP) is 2.37. The molecule has 6 N–H and O–H groups in total. The van der Waals surface area contributed by atoms with E-state index < -0.39 is 17.8 Å². The van der Waals surface area contributed by atoms with E-state index in [0.29, 0.717) is 42.8 Å². The molecule has 0 fully saturated rings. The van der Waals surface area contributed by atoms with Crippen molar-refractivity contribution in [2.24, 2.45) is 0 Å². The standard InChI is InChI=1S/C32H36N14O8S2/c1-5-53-31(49)25-19(14-55-43-25)40-22-11-24(46-28(42-22)18(13-38-46)30(48)35-7-9-52-4)36-16-54-32(50)26-20(15-56-44-26)39-21-10-23(33-2)45-27(41-21)17(12-37-45)29(47)34-6-8-51-3/h10-15,33,36H,5-9,16H2,1-4H3,(H,34,47)(H,35,48)(H,39,41)(H,40,42). The summed E-state index contributed by atoms with van der Waals surface area (Å²) >= 11 is 2.06. The zero-order chi connectivity index (χ0) is 39.6. The Bertz CT molecular complexity index is 2360. The van der Waals surface area contributed by atoms with E-state index in [1.807, 2.05) is 0 Å². The zero-order valence-corrected chi connectivity index (χ0v) is 32.0. The summed E-state index contributed by atoms with van der Waals surface area (Å²) in [7, 11) is 4.75. The van der Waals surface area contributed by atoms with Crippen LogP contribution in [-0.2, 0) is 18.9 Å². The fourth-order valence-corrected chi connectivity index (χ4v) is 6.28. The highest BCUT2D eigenvalue weighted by Gasteiger charge is 2.23. The first kappa shape index (κ1) is 39.2. The van der Waals surface area contributed by atoms with E-state index in [1.54, 1.807) is 36.9 Å². The topological polar surface area (TPSA) is 264 Å². The van der Waals surface area contributed by atoms with Crippen molar-refractivity contribution in [1.29, 1.82) is 0 Å². The van der Waals surface area contributed by atoms with Crippen molar-refractivity contribution in [3.05, 3.63) is 57.8 Å². The summed E-state index contributed by atoms with van der Waals surface area (Å²) < 4.78 is 31.9. The second-order valence-corrected chi connectivity index (χ2v) is 12.5. The minimum Gasteiger partial charge on any atom is -0.461 e. The Kier molecular flexibility index (Phi) is 12.8. The molecule has 6 aromatic heterocycles. The first-order valence-corrected chi connectivity index (χ1v) is 18.4. The van der Waals surface area contributed by atoms with Crippen LogP contribution in [0.15, 0.2) is 35.3 Å². The molecule has 24 heteroatoms. The summed E-state index contributed by atoms with van der Waals surface area (Å²) in [5, 5.41) is 29.5. The van der Waals surface area contributed by atoms with E-state index in [0.717, 1.165) is 23.1 Å². The molecule has 0 spiro atoms. The Morgan fingerprint density at radius 2 is 1.23 bits per heavy atom. The third kappa shape index (κ3) is 8.72. The maximum atomic E-state index is 13.4. The number of methoxy groups -OCH3 is 2. The lowest BCUT2D eigenvalue weighted by Gasteiger charge is -2.13. The van der Waals surface area contributed by atoms with Crippen molar-refractivity contribution >= 4 is 92.8 Å². The normalized spacial score (nSPS) is 11.0. The number of fused-ring (bicyclic) bond motifs is 2. The van der Waals surface area contributed by atoms with E-state index in [2.05, 4.69) is 60.8 Å². The van der Waals surface area contributed by atoms with Gasteiger partial charge >= 0.3 is 11.9 Å². The number of carbonyl (C=O) groups is 4. The molecule has 0 aliphatic heterocycles. The summed E-state index contributed by atoms with van der Waals surface area (Å²) in [6.45, 7) is 2.67. The Hall–Kier alpha value is -6.50. The highest BCUT2D eigenvalue weighted by atomic mass is 32.1. The lowest BCUT2D eigenvalue weighted by molar-refractivity contribution is 0.0515. The van der Waals surface area contributed by atoms with Crippen LogP contribution in [0.25, 0.3) is 11.3 Å². The summed E-state index contributed by atoms with van der Waals surface area (Å²) in [4.78, 5) is 60.9. The molecule has 0 bridgehead atoms. The second kappa shape index (κ2) is 18.2. The van der Waals surface area contributed by atoms with Gasteiger partial charge in [0.25, 0.3) is 11.8 Å². The number of carbonyl (C=O) groups excluding carboxylic acids is 4. The van der Waals surface area contributed by atoms with Crippen molar-refractivity contribution < 1.29 is 38.1 Å². The van der Waals surface area contributed by atoms with Gasteiger partial charge in [0.1, 0.15) is 34.4 Å². The van der Waals surface area contributed by atoms with Crippen molar-refractivity contribution in [2.75, 3.05) is 82.2 Å². The molecule has 0 aliphatic carbocycles. The molecular weight excluding hydrogens is 773 g/mol. The summed E-state index contributed by atoms with van der Waals surface area (Å²) in [5.41, 5.74) is 1.49. The number of hydrogen-bond donors (Lipinski definition) is 6. The molecule has 22 nitrogen and oxygen atoms in total. The second-order valence-electron chi connectivity index (χ2n) is 11.3. The van der Waals surface area contributed by atoms with Gasteiger partial charge in [-0.1, -0.05) is 0 Å². The number of rotatable bonds is 19. The summed E-state index contributed by atoms with van der Waals surface area (Å²) in [5.74, 6) is -0.910. The van der Waals surface area contributed by atoms with Gasteiger partial charge in [-0.3, -0.25) is 9.59 Å². The monoisotopic (exact) mass is 808 g/mol. The first-order chi connectivity index (χ1) is 27.3. The van der Waals surface area contributed by atoms with Gasteiger partial charge in [0.05, 0.1) is 43.6 Å². The Labute approximate surface area is 325 Å². The molecule has 0 saturated heterocycles. The fourth-order valence-electron chi connectivity index (χ4n) is 5.07. The van der Waals surface area contributed by atoms with Gasteiger partial charge in [0, 0.05) is 57.2 Å². The summed E-state index contributed by atoms with van der Waals surface area (Å²) in [6.07, 6.45) is 2.76. The molecule has 0 atom stereocenters. The van der Waals surface area contributed by atoms with E-state index in [1.165, 1.54) is 35.6 Å². The predicted molar refractivity (Wildman–Crippen MR) is 205 cm³/mol. The van der Waals surface area contributed by atoms with Crippen molar-refractivity contribution in [1.82, 2.24) is 48.6 Å². The van der Waals surface area contributed by atoms with Crippen LogP contribution >= 0.6 is 23.1 Å². The number of aromatic nitrogens is 8. The maximum absolute atomic E-state index is 13.4. The van der Waals surface area contributed by atoms with Crippen molar-refractivity contribution in [2.45, 2.75) is 6.92 Å². The molecule has 294 valence electrons. The van der Waals surface area contributed by atoms with Gasteiger partial charge in [-0.2, -0.15) is 28.0 Å². The van der Waals surface area contributed by atoms with Crippen LogP contribution in [0.3, 0.4) is 0 Å². The fraction of sp³-hybridized carbons (Fsp3) is 0.312. The first-order valence-electron chi connectivity index (χ1n) is 16.8. The lowest BCUT2D eigenvalue weighted by atomic mass is 10.3. The molecule has 6 heterocycles. The van der Waals surface area contributed by atoms with Gasteiger partial charge < -0.3 is 50.8 Å². The van der Waals surface area contributed by atoms with Gasteiger partial charge in [0.2, 0.25) is 0 Å². The number of esters is 2. The highest BCUT2D eigenvalue weighted by Crippen LogP contribution is 2.27. The molecule has 0 unspecified atom stereocenters. The van der Waals surface area contributed by atoms with Crippen LogP contribution in [0.4, 0.5) is 34.6 Å². The van der Waals surface area contributed by atoms with Crippen LogP contribution in [0.2, 0.25) is 0 Å². The molecule has 56 heavy (non-hydrogen) atoms. The average Bonchev–Trinajstić information content (AvgIpc) is 4.02. The minimum absolute atomic E-state index is 0.0247. The lowest BCUT2D eigenvalue weighted by Crippen LogP contribution is -2.27.